The summed E-state index contributed by atoms with van der Waals surface area (Å²) in [6.07, 6.45) is 5.54. The van der Waals surface area contributed by atoms with Gasteiger partial charge in [0.25, 0.3) is 0 Å². The molecule has 6 bridgehead atoms. The Bertz CT molecular complexity index is 727. The number of hydrogen-bond acceptors (Lipinski definition) is 3. The minimum Gasteiger partial charge on any atom is -0.302 e. The van der Waals surface area contributed by atoms with E-state index in [4.69, 9.17) is 0 Å². The Labute approximate surface area is 143 Å². The molecule has 1 aliphatic heterocycles. The Morgan fingerprint density at radius 1 is 1.12 bits per heavy atom. The predicted molar refractivity (Wildman–Crippen MR) is 90.2 cm³/mol. The van der Waals surface area contributed by atoms with Crippen LogP contribution >= 0.6 is 0 Å². The number of Topliss-reactive ketones (excluding diaryl/α,β-unsaturated/α-hetero) is 2. The number of hydrogen-bond donors (Lipinski definition) is 0. The maximum atomic E-state index is 13.5. The zero-order chi connectivity index (χ0) is 16.6. The van der Waals surface area contributed by atoms with Crippen molar-refractivity contribution >= 4 is 11.6 Å². The standard InChI is InChI=1S/C21H27NO2/c1-11-6-20-9-15(24)17-19(2)7-13(23)8-21(17)16(20)5-12(11)4-14(20)18(21)22(3)10-19/h12,14,16-18H,1,4-10H2,2-3H3/t12-,14+,16-,17+,18+,19-,20-,21+/m0/s1. The van der Waals surface area contributed by atoms with Crippen molar-refractivity contribution < 1.29 is 9.59 Å². The molecule has 0 aromatic heterocycles. The highest BCUT2D eigenvalue weighted by Crippen LogP contribution is 2.81. The molecule has 7 rings (SSSR count). The monoisotopic (exact) mass is 325 g/mol. The van der Waals surface area contributed by atoms with Crippen molar-refractivity contribution in [3.05, 3.63) is 12.2 Å². The molecule has 2 spiro atoms. The Morgan fingerprint density at radius 2 is 1.92 bits per heavy atom. The summed E-state index contributed by atoms with van der Waals surface area (Å²) in [6, 6.07) is 0.453. The van der Waals surface area contributed by atoms with Crippen LogP contribution in [0.25, 0.3) is 0 Å². The Hall–Kier alpha value is -0.960. The van der Waals surface area contributed by atoms with E-state index in [9.17, 15) is 9.59 Å². The van der Waals surface area contributed by atoms with Gasteiger partial charge in [0.1, 0.15) is 11.6 Å². The van der Waals surface area contributed by atoms with Crippen molar-refractivity contribution in [2.45, 2.75) is 51.5 Å². The molecule has 8 atom stereocenters. The molecule has 6 aliphatic carbocycles. The molecule has 0 aromatic rings. The Balaban J connectivity index is 1.66. The summed E-state index contributed by atoms with van der Waals surface area (Å²) in [5.41, 5.74) is 1.36. The first-order valence-electron chi connectivity index (χ1n) is 9.74. The lowest BCUT2D eigenvalue weighted by molar-refractivity contribution is -0.186. The van der Waals surface area contributed by atoms with E-state index < -0.39 is 0 Å². The molecular formula is C21H27NO2. The molecule has 0 N–H and O–H groups in total. The summed E-state index contributed by atoms with van der Waals surface area (Å²) < 4.78 is 0. The van der Waals surface area contributed by atoms with E-state index in [1.165, 1.54) is 18.4 Å². The molecule has 7 aliphatic rings. The van der Waals surface area contributed by atoms with Crippen molar-refractivity contribution in [1.29, 1.82) is 0 Å². The first-order valence-corrected chi connectivity index (χ1v) is 9.74. The third kappa shape index (κ3) is 1.20. The van der Waals surface area contributed by atoms with Gasteiger partial charge in [0.05, 0.1) is 0 Å². The van der Waals surface area contributed by atoms with Crippen LogP contribution in [0.2, 0.25) is 0 Å². The topological polar surface area (TPSA) is 37.4 Å². The van der Waals surface area contributed by atoms with Gasteiger partial charge < -0.3 is 4.90 Å². The van der Waals surface area contributed by atoms with Crippen LogP contribution in [0.5, 0.6) is 0 Å². The zero-order valence-corrected chi connectivity index (χ0v) is 14.8. The Morgan fingerprint density at radius 3 is 2.71 bits per heavy atom. The highest BCUT2D eigenvalue weighted by atomic mass is 16.1. The fourth-order valence-electron chi connectivity index (χ4n) is 9.62. The van der Waals surface area contributed by atoms with Crippen molar-refractivity contribution in [2.75, 3.05) is 13.6 Å². The molecule has 0 amide bonds. The van der Waals surface area contributed by atoms with Crippen LogP contribution < -0.4 is 0 Å². The number of nitrogens with zero attached hydrogens (tertiary/aromatic N) is 1. The lowest BCUT2D eigenvalue weighted by Gasteiger charge is -2.65. The minimum atomic E-state index is -0.132. The number of piperidine rings is 1. The average molecular weight is 325 g/mol. The number of carbonyl (C=O) groups excluding carboxylic acids is 2. The van der Waals surface area contributed by atoms with Gasteiger partial charge in [0.2, 0.25) is 0 Å². The van der Waals surface area contributed by atoms with Crippen LogP contribution in [0.3, 0.4) is 0 Å². The summed E-state index contributed by atoms with van der Waals surface area (Å²) in [4.78, 5) is 28.9. The molecule has 3 nitrogen and oxygen atoms in total. The minimum absolute atomic E-state index is 0.0491. The number of fused-ring (bicyclic) bond motifs is 1. The molecule has 128 valence electrons. The molecule has 0 radical (unpaired) electrons. The molecule has 6 saturated carbocycles. The van der Waals surface area contributed by atoms with E-state index >= 15 is 0 Å². The van der Waals surface area contributed by atoms with E-state index in [0.717, 1.165) is 19.4 Å². The second kappa shape index (κ2) is 3.75. The van der Waals surface area contributed by atoms with Gasteiger partial charge in [-0.3, -0.25) is 9.59 Å². The largest absolute Gasteiger partial charge is 0.302 e. The van der Waals surface area contributed by atoms with Gasteiger partial charge in [-0.25, -0.2) is 0 Å². The van der Waals surface area contributed by atoms with Gasteiger partial charge in [-0.2, -0.15) is 0 Å². The smallest absolute Gasteiger partial charge is 0.137 e. The van der Waals surface area contributed by atoms with E-state index in [1.807, 2.05) is 0 Å². The number of rotatable bonds is 0. The molecule has 0 aromatic carbocycles. The van der Waals surface area contributed by atoms with Crippen LogP contribution in [-0.4, -0.2) is 36.1 Å². The van der Waals surface area contributed by atoms with Gasteiger partial charge in [-0.15, -0.1) is 0 Å². The average Bonchev–Trinajstić information content (AvgIpc) is 2.55. The third-order valence-corrected chi connectivity index (χ3v) is 9.45. The van der Waals surface area contributed by atoms with Crippen molar-refractivity contribution in [3.63, 3.8) is 0 Å². The number of ketones is 2. The lowest BCUT2D eigenvalue weighted by Crippen LogP contribution is -2.69. The van der Waals surface area contributed by atoms with Crippen molar-refractivity contribution in [3.8, 4) is 0 Å². The van der Waals surface area contributed by atoms with Gasteiger partial charge >= 0.3 is 0 Å². The van der Waals surface area contributed by atoms with Gasteiger partial charge in [-0.05, 0) is 54.9 Å². The quantitative estimate of drug-likeness (QED) is 0.643. The molecule has 1 saturated heterocycles. The van der Waals surface area contributed by atoms with Crippen LogP contribution in [0.4, 0.5) is 0 Å². The molecule has 0 unspecified atom stereocenters. The normalized spacial score (nSPS) is 60.8. The first-order chi connectivity index (χ1) is 11.3. The number of likely N-dealkylation sites (tertiary alicyclic amines) is 1. The van der Waals surface area contributed by atoms with Crippen LogP contribution in [0, 0.1) is 39.9 Å². The van der Waals surface area contributed by atoms with Crippen LogP contribution in [0.1, 0.15) is 45.4 Å². The fourth-order valence-corrected chi connectivity index (χ4v) is 9.62. The predicted octanol–water partition coefficient (Wildman–Crippen LogP) is 2.85. The summed E-state index contributed by atoms with van der Waals surface area (Å²) in [5.74, 6) is 2.90. The zero-order valence-electron chi connectivity index (χ0n) is 14.8. The van der Waals surface area contributed by atoms with Gasteiger partial charge in [-0.1, -0.05) is 19.1 Å². The highest BCUT2D eigenvalue weighted by Gasteiger charge is 2.81. The van der Waals surface area contributed by atoms with E-state index in [-0.39, 0.29) is 22.2 Å². The highest BCUT2D eigenvalue weighted by molar-refractivity contribution is 5.92. The number of carbonyl (C=O) groups is 2. The summed E-state index contributed by atoms with van der Waals surface area (Å²) >= 11 is 0. The fraction of sp³-hybridized carbons (Fsp3) is 0.810. The summed E-state index contributed by atoms with van der Waals surface area (Å²) in [5, 5.41) is 0. The van der Waals surface area contributed by atoms with Gasteiger partial charge in [0.15, 0.2) is 0 Å². The molecule has 7 fully saturated rings. The third-order valence-electron chi connectivity index (χ3n) is 9.45. The summed E-state index contributed by atoms with van der Waals surface area (Å²) in [7, 11) is 2.27. The maximum absolute atomic E-state index is 13.5. The van der Waals surface area contributed by atoms with E-state index in [1.54, 1.807) is 0 Å². The summed E-state index contributed by atoms with van der Waals surface area (Å²) in [6.45, 7) is 7.54. The first kappa shape index (κ1) is 14.2. The van der Waals surface area contributed by atoms with Crippen molar-refractivity contribution in [1.82, 2.24) is 4.90 Å². The lowest BCUT2D eigenvalue weighted by atomic mass is 9.39. The molecule has 3 heteroatoms. The second-order valence-corrected chi connectivity index (χ2v) is 10.5. The molecule has 24 heavy (non-hydrogen) atoms. The Kier molecular flexibility index (Phi) is 2.22. The molecular weight excluding hydrogens is 298 g/mol. The maximum Gasteiger partial charge on any atom is 0.137 e. The SMILES string of the molecule is C=C1C[C@]23CC(=O)[C@@H]4[C@@]5(C)CC(=O)C[C@]46[C@@H]([C@H]2C[C@H]1C[C@@H]36)N(C)C5. The van der Waals surface area contributed by atoms with E-state index in [2.05, 4.69) is 25.5 Å². The van der Waals surface area contributed by atoms with E-state index in [0.29, 0.717) is 48.2 Å². The van der Waals surface area contributed by atoms with Crippen molar-refractivity contribution in [2.24, 2.45) is 39.9 Å². The molecule has 1 heterocycles. The van der Waals surface area contributed by atoms with Crippen LogP contribution in [0.15, 0.2) is 12.2 Å². The second-order valence-electron chi connectivity index (χ2n) is 10.5. The number of allylic oxidation sites excluding steroid dienone is 1. The van der Waals surface area contributed by atoms with Crippen LogP contribution in [-0.2, 0) is 9.59 Å². The van der Waals surface area contributed by atoms with Gasteiger partial charge in [0, 0.05) is 43.2 Å².